The summed E-state index contributed by atoms with van der Waals surface area (Å²) in [5.41, 5.74) is 0.971. The van der Waals surface area contributed by atoms with Crippen LogP contribution in [-0.2, 0) is 16.1 Å². The molecule has 0 unspecified atom stereocenters. The van der Waals surface area contributed by atoms with Crippen LogP contribution in [0.15, 0.2) is 53.3 Å². The molecule has 0 fully saturated rings. The molecule has 132 valence electrons. The molecular weight excluding hydrogens is 336 g/mol. The Morgan fingerprint density at radius 3 is 2.58 bits per heavy atom. The van der Waals surface area contributed by atoms with Crippen LogP contribution in [0.5, 0.6) is 0 Å². The molecule has 2 aromatic carbocycles. The van der Waals surface area contributed by atoms with E-state index in [9.17, 15) is 14.4 Å². The Bertz CT molecular complexity index is 1010. The van der Waals surface area contributed by atoms with Crippen molar-refractivity contribution in [3.8, 4) is 0 Å². The number of nitrogens with one attached hydrogen (secondary N) is 1. The number of hydrogen-bond donors (Lipinski definition) is 1. The summed E-state index contributed by atoms with van der Waals surface area (Å²) in [5, 5.41) is 10.8. The third kappa shape index (κ3) is 3.75. The topological polar surface area (TPSA) is 103 Å². The summed E-state index contributed by atoms with van der Waals surface area (Å²) in [5.74, 6) is -0.857. The van der Waals surface area contributed by atoms with Crippen molar-refractivity contribution in [3.05, 3.63) is 64.4 Å². The molecule has 1 heterocycles. The minimum Gasteiger partial charge on any atom is -0.462 e. The maximum atomic E-state index is 12.3. The van der Waals surface area contributed by atoms with Gasteiger partial charge in [0.05, 0.1) is 17.6 Å². The number of carbonyl (C=O) groups is 2. The molecule has 1 N–H and O–H groups in total. The van der Waals surface area contributed by atoms with Crippen LogP contribution in [-0.4, -0.2) is 33.5 Å². The number of esters is 1. The second kappa shape index (κ2) is 7.56. The molecule has 3 rings (SSSR count). The number of ether oxygens (including phenoxy) is 1. The van der Waals surface area contributed by atoms with Crippen molar-refractivity contribution in [2.75, 3.05) is 11.9 Å². The summed E-state index contributed by atoms with van der Waals surface area (Å²) in [6.07, 6.45) is 0. The molecule has 0 aliphatic rings. The number of amides is 1. The highest BCUT2D eigenvalue weighted by molar-refractivity contribution is 5.93. The Kier molecular flexibility index (Phi) is 5.02. The van der Waals surface area contributed by atoms with E-state index < -0.39 is 11.9 Å². The van der Waals surface area contributed by atoms with Crippen LogP contribution < -0.4 is 10.9 Å². The molecule has 26 heavy (non-hydrogen) atoms. The first kappa shape index (κ1) is 17.3. The van der Waals surface area contributed by atoms with Crippen LogP contribution in [0.1, 0.15) is 17.3 Å². The van der Waals surface area contributed by atoms with E-state index in [1.807, 2.05) is 0 Å². The van der Waals surface area contributed by atoms with Gasteiger partial charge in [-0.3, -0.25) is 9.59 Å². The van der Waals surface area contributed by atoms with Crippen molar-refractivity contribution < 1.29 is 14.3 Å². The highest BCUT2D eigenvalue weighted by Crippen LogP contribution is 2.11. The van der Waals surface area contributed by atoms with E-state index in [1.165, 1.54) is 0 Å². The predicted octanol–water partition coefficient (Wildman–Crippen LogP) is 1.61. The third-order valence-electron chi connectivity index (χ3n) is 3.60. The van der Waals surface area contributed by atoms with E-state index in [2.05, 4.69) is 15.6 Å². The first-order valence-electron chi connectivity index (χ1n) is 7.98. The zero-order valence-electron chi connectivity index (χ0n) is 14.0. The van der Waals surface area contributed by atoms with Gasteiger partial charge in [0.15, 0.2) is 0 Å². The Morgan fingerprint density at radius 1 is 1.12 bits per heavy atom. The molecule has 1 aromatic heterocycles. The van der Waals surface area contributed by atoms with Crippen molar-refractivity contribution in [2.24, 2.45) is 0 Å². The van der Waals surface area contributed by atoms with Gasteiger partial charge in [-0.05, 0) is 43.3 Å². The second-order valence-electron chi connectivity index (χ2n) is 5.42. The average Bonchev–Trinajstić information content (AvgIpc) is 2.65. The van der Waals surface area contributed by atoms with Gasteiger partial charge >= 0.3 is 5.97 Å². The zero-order chi connectivity index (χ0) is 18.5. The smallest absolute Gasteiger partial charge is 0.338 e. The van der Waals surface area contributed by atoms with Crippen molar-refractivity contribution in [2.45, 2.75) is 13.5 Å². The van der Waals surface area contributed by atoms with E-state index in [0.29, 0.717) is 28.8 Å². The normalized spacial score (nSPS) is 10.5. The number of nitrogens with zero attached hydrogens (tertiary/aromatic N) is 3. The minimum atomic E-state index is -0.430. The minimum absolute atomic E-state index is 0.268. The maximum absolute atomic E-state index is 12.3. The predicted molar refractivity (Wildman–Crippen MR) is 94.8 cm³/mol. The van der Waals surface area contributed by atoms with Gasteiger partial charge in [0, 0.05) is 5.69 Å². The molecule has 8 nitrogen and oxygen atoms in total. The summed E-state index contributed by atoms with van der Waals surface area (Å²) in [4.78, 5) is 36.1. The number of fused-ring (bicyclic) bond motifs is 1. The number of anilines is 1. The molecule has 0 spiro atoms. The Hall–Kier alpha value is -3.55. The van der Waals surface area contributed by atoms with E-state index in [1.54, 1.807) is 55.5 Å². The molecule has 0 aliphatic carbocycles. The summed E-state index contributed by atoms with van der Waals surface area (Å²) in [6.45, 7) is 1.75. The number of rotatable bonds is 5. The van der Waals surface area contributed by atoms with Crippen LogP contribution in [0, 0.1) is 0 Å². The third-order valence-corrected chi connectivity index (χ3v) is 3.60. The molecule has 0 radical (unpaired) electrons. The average molecular weight is 352 g/mol. The summed E-state index contributed by atoms with van der Waals surface area (Å²) in [6, 6.07) is 13.1. The van der Waals surface area contributed by atoms with Gasteiger partial charge in [-0.15, -0.1) is 5.10 Å². The van der Waals surface area contributed by atoms with Crippen LogP contribution in [0.3, 0.4) is 0 Å². The lowest BCUT2D eigenvalue weighted by atomic mass is 10.2. The molecule has 0 bridgehead atoms. The Morgan fingerprint density at radius 2 is 1.85 bits per heavy atom. The lowest BCUT2D eigenvalue weighted by molar-refractivity contribution is -0.117. The Balaban J connectivity index is 1.70. The summed E-state index contributed by atoms with van der Waals surface area (Å²) < 4.78 is 5.90. The zero-order valence-corrected chi connectivity index (χ0v) is 14.0. The van der Waals surface area contributed by atoms with Gasteiger partial charge in [0.25, 0.3) is 5.56 Å². The first-order valence-corrected chi connectivity index (χ1v) is 7.98. The molecule has 0 saturated carbocycles. The van der Waals surface area contributed by atoms with Gasteiger partial charge in [-0.1, -0.05) is 17.3 Å². The SMILES string of the molecule is CCOC(=O)c1ccc(NC(=O)Cn2nnc3ccccc3c2=O)cc1. The van der Waals surface area contributed by atoms with E-state index in [0.717, 1.165) is 4.68 Å². The lowest BCUT2D eigenvalue weighted by Crippen LogP contribution is -2.30. The number of benzene rings is 2. The van der Waals surface area contributed by atoms with Crippen LogP contribution in [0.25, 0.3) is 10.9 Å². The second-order valence-corrected chi connectivity index (χ2v) is 5.42. The molecule has 3 aromatic rings. The quantitative estimate of drug-likeness (QED) is 0.700. The van der Waals surface area contributed by atoms with Crippen molar-refractivity contribution in [3.63, 3.8) is 0 Å². The number of carbonyl (C=O) groups excluding carboxylic acids is 2. The van der Waals surface area contributed by atoms with Gasteiger partial charge < -0.3 is 10.1 Å². The number of aromatic nitrogens is 3. The molecule has 1 amide bonds. The van der Waals surface area contributed by atoms with Crippen molar-refractivity contribution in [1.82, 2.24) is 15.0 Å². The van der Waals surface area contributed by atoms with Crippen molar-refractivity contribution in [1.29, 1.82) is 0 Å². The largest absolute Gasteiger partial charge is 0.462 e. The monoisotopic (exact) mass is 352 g/mol. The van der Waals surface area contributed by atoms with Gasteiger partial charge in [0.1, 0.15) is 12.1 Å². The fourth-order valence-electron chi connectivity index (χ4n) is 2.37. The maximum Gasteiger partial charge on any atom is 0.338 e. The van der Waals surface area contributed by atoms with Crippen LogP contribution >= 0.6 is 0 Å². The summed E-state index contributed by atoms with van der Waals surface area (Å²) >= 11 is 0. The fraction of sp³-hybridized carbons (Fsp3) is 0.167. The van der Waals surface area contributed by atoms with Gasteiger partial charge in [-0.2, -0.15) is 0 Å². The molecule has 0 atom stereocenters. The first-order chi connectivity index (χ1) is 12.6. The van der Waals surface area contributed by atoms with Crippen LogP contribution in [0.4, 0.5) is 5.69 Å². The lowest BCUT2D eigenvalue weighted by Gasteiger charge is -2.07. The molecule has 8 heteroatoms. The van der Waals surface area contributed by atoms with E-state index in [4.69, 9.17) is 4.74 Å². The number of hydrogen-bond acceptors (Lipinski definition) is 6. The van der Waals surface area contributed by atoms with Crippen molar-refractivity contribution >= 4 is 28.5 Å². The molecule has 0 aliphatic heterocycles. The summed E-state index contributed by atoms with van der Waals surface area (Å²) in [7, 11) is 0. The van der Waals surface area contributed by atoms with E-state index >= 15 is 0 Å². The fourth-order valence-corrected chi connectivity index (χ4v) is 2.37. The van der Waals surface area contributed by atoms with Gasteiger partial charge in [-0.25, -0.2) is 9.48 Å². The Labute approximate surface area is 148 Å². The molecular formula is C18H16N4O4. The highest BCUT2D eigenvalue weighted by atomic mass is 16.5. The van der Waals surface area contributed by atoms with Gasteiger partial charge in [0.2, 0.25) is 5.91 Å². The van der Waals surface area contributed by atoms with Crippen LogP contribution in [0.2, 0.25) is 0 Å². The molecule has 0 saturated heterocycles. The highest BCUT2D eigenvalue weighted by Gasteiger charge is 2.11. The van der Waals surface area contributed by atoms with E-state index in [-0.39, 0.29) is 12.1 Å². The standard InChI is InChI=1S/C18H16N4O4/c1-2-26-18(25)12-7-9-13(10-8-12)19-16(23)11-22-17(24)14-5-3-4-6-15(14)20-21-22/h3-10H,2,11H2,1H3,(H,19,23).